The van der Waals surface area contributed by atoms with Crippen LogP contribution >= 0.6 is 11.6 Å². The second kappa shape index (κ2) is 8.09. The Labute approximate surface area is 141 Å². The molecule has 5 heteroatoms. The van der Waals surface area contributed by atoms with Gasteiger partial charge in [0.15, 0.2) is 0 Å². The van der Waals surface area contributed by atoms with Gasteiger partial charge in [0, 0.05) is 23.7 Å². The molecule has 0 saturated carbocycles. The number of benzene rings is 2. The number of nitrogens with zero attached hydrogens (tertiary/aromatic N) is 1. The summed E-state index contributed by atoms with van der Waals surface area (Å²) in [5.41, 5.74) is 1.44. The highest BCUT2D eigenvalue weighted by molar-refractivity contribution is 6.31. The van der Waals surface area contributed by atoms with Crippen LogP contribution in [0.25, 0.3) is 0 Å². The number of rotatable bonds is 6. The fourth-order valence-electron chi connectivity index (χ4n) is 2.20. The van der Waals surface area contributed by atoms with Gasteiger partial charge < -0.3 is 5.32 Å². The first-order valence-electron chi connectivity index (χ1n) is 7.44. The number of carbonyl (C=O) groups is 1. The molecule has 0 fully saturated rings. The van der Waals surface area contributed by atoms with Crippen LogP contribution in [0.1, 0.15) is 18.1 Å². The van der Waals surface area contributed by atoms with Crippen molar-refractivity contribution in [1.82, 2.24) is 10.2 Å². The van der Waals surface area contributed by atoms with Crippen LogP contribution in [0.4, 0.5) is 4.39 Å². The zero-order valence-electron chi connectivity index (χ0n) is 13.2. The van der Waals surface area contributed by atoms with Crippen LogP contribution in [0.3, 0.4) is 0 Å². The minimum absolute atomic E-state index is 0.108. The number of likely N-dealkylation sites (N-methyl/N-ethyl adjacent to an activating group) is 1. The van der Waals surface area contributed by atoms with Crippen LogP contribution in [-0.2, 0) is 17.9 Å². The lowest BCUT2D eigenvalue weighted by atomic mass is 10.1. The zero-order valence-corrected chi connectivity index (χ0v) is 14.0. The molecule has 0 radical (unpaired) electrons. The Balaban J connectivity index is 1.93. The maximum absolute atomic E-state index is 13.8. The maximum atomic E-state index is 13.8. The number of hydrogen-bond acceptors (Lipinski definition) is 2. The molecule has 122 valence electrons. The van der Waals surface area contributed by atoms with Crippen molar-refractivity contribution in [1.29, 1.82) is 0 Å². The standard InChI is InChI=1S/C18H20ClFN2O/c1-13(18(23)21-11-14-7-4-3-5-8-14)22(2)12-15-16(19)9-6-10-17(15)20/h3-10,13H,11-12H2,1-2H3,(H,21,23). The molecule has 0 aromatic heterocycles. The summed E-state index contributed by atoms with van der Waals surface area (Å²) in [7, 11) is 1.77. The summed E-state index contributed by atoms with van der Waals surface area (Å²) in [4.78, 5) is 14.0. The van der Waals surface area contributed by atoms with Crippen LogP contribution in [0, 0.1) is 5.82 Å². The van der Waals surface area contributed by atoms with Crippen molar-refractivity contribution in [2.45, 2.75) is 26.1 Å². The number of carbonyl (C=O) groups excluding carboxylic acids is 1. The first kappa shape index (κ1) is 17.4. The van der Waals surface area contributed by atoms with E-state index < -0.39 is 6.04 Å². The molecule has 2 rings (SSSR count). The average Bonchev–Trinajstić information content (AvgIpc) is 2.56. The third kappa shape index (κ3) is 4.78. The number of hydrogen-bond donors (Lipinski definition) is 1. The molecule has 0 bridgehead atoms. The Bertz CT molecular complexity index is 643. The normalized spacial score (nSPS) is 12.2. The van der Waals surface area contributed by atoms with E-state index in [4.69, 9.17) is 11.6 Å². The smallest absolute Gasteiger partial charge is 0.237 e. The lowest BCUT2D eigenvalue weighted by Crippen LogP contribution is -2.42. The minimum atomic E-state index is -0.394. The number of halogens is 2. The Morgan fingerprint density at radius 3 is 2.57 bits per heavy atom. The molecule has 23 heavy (non-hydrogen) atoms. The van der Waals surface area contributed by atoms with Gasteiger partial charge in [0.2, 0.25) is 5.91 Å². The van der Waals surface area contributed by atoms with Gasteiger partial charge in [0.25, 0.3) is 0 Å². The van der Waals surface area contributed by atoms with E-state index in [0.29, 0.717) is 17.1 Å². The molecule has 0 aliphatic heterocycles. The van der Waals surface area contributed by atoms with E-state index in [1.165, 1.54) is 6.07 Å². The largest absolute Gasteiger partial charge is 0.351 e. The Morgan fingerprint density at radius 2 is 1.91 bits per heavy atom. The summed E-state index contributed by atoms with van der Waals surface area (Å²) in [5, 5.41) is 3.26. The van der Waals surface area contributed by atoms with E-state index in [1.54, 1.807) is 31.0 Å². The van der Waals surface area contributed by atoms with Gasteiger partial charge in [-0.15, -0.1) is 0 Å². The van der Waals surface area contributed by atoms with Crippen molar-refractivity contribution in [2.75, 3.05) is 7.05 Å². The molecule has 0 spiro atoms. The molecule has 1 unspecified atom stereocenters. The van der Waals surface area contributed by atoms with E-state index in [2.05, 4.69) is 5.32 Å². The van der Waals surface area contributed by atoms with Crippen LogP contribution in [0.15, 0.2) is 48.5 Å². The highest BCUT2D eigenvalue weighted by Crippen LogP contribution is 2.21. The highest BCUT2D eigenvalue weighted by atomic mass is 35.5. The Hall–Kier alpha value is -1.91. The van der Waals surface area contributed by atoms with Crippen LogP contribution in [-0.4, -0.2) is 23.9 Å². The molecule has 0 heterocycles. The molecule has 0 aliphatic rings. The highest BCUT2D eigenvalue weighted by Gasteiger charge is 2.20. The minimum Gasteiger partial charge on any atom is -0.351 e. The van der Waals surface area contributed by atoms with Gasteiger partial charge in [-0.25, -0.2) is 4.39 Å². The molecule has 0 saturated heterocycles. The zero-order chi connectivity index (χ0) is 16.8. The fourth-order valence-corrected chi connectivity index (χ4v) is 2.43. The van der Waals surface area contributed by atoms with E-state index >= 15 is 0 Å². The molecule has 1 atom stereocenters. The third-order valence-corrected chi connectivity index (χ3v) is 4.17. The molecule has 2 aromatic rings. The monoisotopic (exact) mass is 334 g/mol. The van der Waals surface area contributed by atoms with Gasteiger partial charge in [0.05, 0.1) is 6.04 Å². The van der Waals surface area contributed by atoms with Crippen molar-refractivity contribution in [3.8, 4) is 0 Å². The molecular weight excluding hydrogens is 315 g/mol. The first-order chi connectivity index (χ1) is 11.0. The SMILES string of the molecule is CC(C(=O)NCc1ccccc1)N(C)Cc1c(F)cccc1Cl. The van der Waals surface area contributed by atoms with E-state index in [1.807, 2.05) is 30.3 Å². The predicted molar refractivity (Wildman–Crippen MR) is 90.6 cm³/mol. The summed E-state index contributed by atoms with van der Waals surface area (Å²) < 4.78 is 13.8. The molecule has 0 aliphatic carbocycles. The molecule has 2 aromatic carbocycles. The fraction of sp³-hybridized carbons (Fsp3) is 0.278. The van der Waals surface area contributed by atoms with Gasteiger partial charge in [0.1, 0.15) is 5.82 Å². The average molecular weight is 335 g/mol. The maximum Gasteiger partial charge on any atom is 0.237 e. The summed E-state index contributed by atoms with van der Waals surface area (Å²) in [6.45, 7) is 2.53. The summed E-state index contributed by atoms with van der Waals surface area (Å²) in [6, 6.07) is 13.9. The number of nitrogens with one attached hydrogen (secondary N) is 1. The van der Waals surface area contributed by atoms with E-state index in [9.17, 15) is 9.18 Å². The van der Waals surface area contributed by atoms with Crippen LogP contribution in [0.2, 0.25) is 5.02 Å². The van der Waals surface area contributed by atoms with Gasteiger partial charge >= 0.3 is 0 Å². The van der Waals surface area contributed by atoms with Crippen LogP contribution < -0.4 is 5.32 Å². The van der Waals surface area contributed by atoms with E-state index in [0.717, 1.165) is 5.56 Å². The summed E-state index contributed by atoms with van der Waals surface area (Å²) in [6.07, 6.45) is 0. The second-order valence-corrected chi connectivity index (χ2v) is 5.90. The summed E-state index contributed by atoms with van der Waals surface area (Å²) >= 11 is 6.03. The molecule has 1 N–H and O–H groups in total. The number of amides is 1. The third-order valence-electron chi connectivity index (χ3n) is 3.82. The lowest BCUT2D eigenvalue weighted by molar-refractivity contribution is -0.125. The van der Waals surface area contributed by atoms with Gasteiger partial charge in [-0.2, -0.15) is 0 Å². The topological polar surface area (TPSA) is 32.3 Å². The first-order valence-corrected chi connectivity index (χ1v) is 7.81. The lowest BCUT2D eigenvalue weighted by Gasteiger charge is -2.24. The Kier molecular flexibility index (Phi) is 6.13. The van der Waals surface area contributed by atoms with Gasteiger partial charge in [-0.3, -0.25) is 9.69 Å². The van der Waals surface area contributed by atoms with Crippen molar-refractivity contribution in [2.24, 2.45) is 0 Å². The van der Waals surface area contributed by atoms with Crippen molar-refractivity contribution < 1.29 is 9.18 Å². The van der Waals surface area contributed by atoms with Crippen molar-refractivity contribution in [3.05, 3.63) is 70.5 Å². The van der Waals surface area contributed by atoms with Crippen molar-refractivity contribution in [3.63, 3.8) is 0 Å². The van der Waals surface area contributed by atoms with Crippen molar-refractivity contribution >= 4 is 17.5 Å². The van der Waals surface area contributed by atoms with Gasteiger partial charge in [-0.05, 0) is 31.7 Å². The van der Waals surface area contributed by atoms with Crippen LogP contribution in [0.5, 0.6) is 0 Å². The Morgan fingerprint density at radius 1 is 1.22 bits per heavy atom. The quantitative estimate of drug-likeness (QED) is 0.875. The van der Waals surface area contributed by atoms with E-state index in [-0.39, 0.29) is 18.3 Å². The van der Waals surface area contributed by atoms with Gasteiger partial charge in [-0.1, -0.05) is 48.0 Å². The summed E-state index contributed by atoms with van der Waals surface area (Å²) in [5.74, 6) is -0.468. The molecule has 1 amide bonds. The molecular formula is C18H20ClFN2O. The predicted octanol–water partition coefficient (Wildman–Crippen LogP) is 3.62. The second-order valence-electron chi connectivity index (χ2n) is 5.49. The molecule has 3 nitrogen and oxygen atoms in total.